The van der Waals surface area contributed by atoms with E-state index >= 15 is 0 Å². The summed E-state index contributed by atoms with van der Waals surface area (Å²) in [7, 11) is 0. The van der Waals surface area contributed by atoms with Crippen LogP contribution in [0.5, 0.6) is 0 Å². The van der Waals surface area contributed by atoms with Crippen molar-refractivity contribution in [1.29, 1.82) is 0 Å². The number of carbonyl (C=O) groups excluding carboxylic acids is 1. The summed E-state index contributed by atoms with van der Waals surface area (Å²) in [6.07, 6.45) is 8.13. The van der Waals surface area contributed by atoms with Crippen molar-refractivity contribution < 1.29 is 9.53 Å². The van der Waals surface area contributed by atoms with E-state index < -0.39 is 0 Å². The fraction of sp³-hybridized carbons (Fsp3) is 0.273. The van der Waals surface area contributed by atoms with Gasteiger partial charge >= 0.3 is 5.97 Å². The Bertz CT molecular complexity index is 1370. The number of benzene rings is 1. The van der Waals surface area contributed by atoms with E-state index in [4.69, 9.17) is 9.73 Å². The Hall–Kier alpha value is -3.88. The Labute approximate surface area is 177 Å². The van der Waals surface area contributed by atoms with Crippen LogP contribution in [0.2, 0.25) is 0 Å². The van der Waals surface area contributed by atoms with Gasteiger partial charge in [0.25, 0.3) is 0 Å². The maximum absolute atomic E-state index is 11.7. The summed E-state index contributed by atoms with van der Waals surface area (Å²) in [5.41, 5.74) is 3.76. The van der Waals surface area contributed by atoms with Crippen LogP contribution in [-0.4, -0.2) is 42.3 Å². The molecule has 9 heteroatoms. The lowest BCUT2D eigenvalue weighted by molar-refractivity contribution is -0.144. The molecule has 1 atom stereocenters. The zero-order chi connectivity index (χ0) is 21.2. The highest BCUT2D eigenvalue weighted by atomic mass is 16.5. The second-order valence-electron chi connectivity index (χ2n) is 7.35. The third-order valence-corrected chi connectivity index (χ3v) is 5.18. The zero-order valence-electron chi connectivity index (χ0n) is 17.0. The van der Waals surface area contributed by atoms with Crippen molar-refractivity contribution in [2.24, 2.45) is 4.99 Å². The molecule has 0 bridgehead atoms. The molecule has 9 nitrogen and oxygen atoms in total. The summed E-state index contributed by atoms with van der Waals surface area (Å²) in [5.74, 6) is -0.306. The van der Waals surface area contributed by atoms with E-state index in [9.17, 15) is 4.79 Å². The van der Waals surface area contributed by atoms with E-state index in [1.165, 1.54) is 0 Å². The standard InChI is InChI=1S/C22H21N7O2/c1-2-31-21(30)14-28-13-17(11-24-28)19-7-8-20-22(25-19)29(27-26-20)12-15-5-6-18-16(10-15)4-3-9-23-18/h3-6,8-11,13,19H,2,7,12,14H2,1H3. The van der Waals surface area contributed by atoms with Crippen LogP contribution in [0.1, 0.15) is 30.5 Å². The molecule has 0 fully saturated rings. The molecule has 4 heterocycles. The molecular weight excluding hydrogens is 394 g/mol. The highest BCUT2D eigenvalue weighted by molar-refractivity contribution is 5.78. The van der Waals surface area contributed by atoms with Gasteiger partial charge in [-0.2, -0.15) is 5.10 Å². The first-order chi connectivity index (χ1) is 15.2. The fourth-order valence-electron chi connectivity index (χ4n) is 3.70. The Morgan fingerprint density at radius 1 is 1.29 bits per heavy atom. The van der Waals surface area contributed by atoms with Gasteiger partial charge in [0.15, 0.2) is 5.49 Å². The largest absolute Gasteiger partial charge is 0.465 e. The maximum atomic E-state index is 11.7. The number of nitrogens with zero attached hydrogens (tertiary/aromatic N) is 7. The zero-order valence-corrected chi connectivity index (χ0v) is 17.0. The summed E-state index contributed by atoms with van der Waals surface area (Å²) in [6.45, 7) is 2.80. The van der Waals surface area contributed by atoms with Crippen LogP contribution < -0.4 is 10.8 Å². The Morgan fingerprint density at radius 2 is 2.23 bits per heavy atom. The van der Waals surface area contributed by atoms with Crippen LogP contribution in [0.4, 0.5) is 0 Å². The first kappa shape index (κ1) is 19.1. The second kappa shape index (κ2) is 8.10. The van der Waals surface area contributed by atoms with Crippen molar-refractivity contribution >= 4 is 22.9 Å². The summed E-state index contributed by atoms with van der Waals surface area (Å²) >= 11 is 0. The fourth-order valence-corrected chi connectivity index (χ4v) is 3.70. The van der Waals surface area contributed by atoms with Crippen molar-refractivity contribution in [2.75, 3.05) is 6.61 Å². The number of fused-ring (bicyclic) bond motifs is 2. The molecule has 156 valence electrons. The molecule has 1 aliphatic rings. The van der Waals surface area contributed by atoms with Gasteiger partial charge in [0, 0.05) is 23.3 Å². The molecule has 3 aromatic heterocycles. The average molecular weight is 415 g/mol. The lowest BCUT2D eigenvalue weighted by Gasteiger charge is -2.10. The number of aromatic nitrogens is 6. The van der Waals surface area contributed by atoms with E-state index in [0.29, 0.717) is 19.6 Å². The molecular formula is C22H21N7O2. The quantitative estimate of drug-likeness (QED) is 0.439. The molecule has 0 N–H and O–H groups in total. The van der Waals surface area contributed by atoms with Gasteiger partial charge in [0.1, 0.15) is 11.9 Å². The third kappa shape index (κ3) is 3.94. The highest BCUT2D eigenvalue weighted by Gasteiger charge is 2.17. The summed E-state index contributed by atoms with van der Waals surface area (Å²) in [6, 6.07) is 10.1. The van der Waals surface area contributed by atoms with Crippen LogP contribution in [-0.2, 0) is 22.6 Å². The number of esters is 1. The van der Waals surface area contributed by atoms with Crippen molar-refractivity contribution in [3.63, 3.8) is 0 Å². The Kier molecular flexibility index (Phi) is 4.99. The molecule has 1 aromatic carbocycles. The number of hydrogen-bond acceptors (Lipinski definition) is 7. The summed E-state index contributed by atoms with van der Waals surface area (Å²) < 4.78 is 8.38. The number of rotatable bonds is 6. The van der Waals surface area contributed by atoms with Crippen molar-refractivity contribution in [3.05, 3.63) is 70.9 Å². The Morgan fingerprint density at radius 3 is 3.13 bits per heavy atom. The van der Waals surface area contributed by atoms with Gasteiger partial charge < -0.3 is 4.74 Å². The molecule has 0 saturated carbocycles. The van der Waals surface area contributed by atoms with Crippen LogP contribution in [0, 0.1) is 0 Å². The highest BCUT2D eigenvalue weighted by Crippen LogP contribution is 2.22. The van der Waals surface area contributed by atoms with Crippen molar-refractivity contribution in [1.82, 2.24) is 29.8 Å². The molecule has 0 aliphatic carbocycles. The van der Waals surface area contributed by atoms with Crippen LogP contribution in [0.3, 0.4) is 0 Å². The van der Waals surface area contributed by atoms with Gasteiger partial charge in [-0.15, -0.1) is 5.10 Å². The SMILES string of the molecule is CCOC(=O)Cn1cc(C2CC=c3nnn(Cc4ccc5ncccc5c4)c3=N2)cn1. The van der Waals surface area contributed by atoms with Gasteiger partial charge in [-0.3, -0.25) is 19.5 Å². The maximum Gasteiger partial charge on any atom is 0.327 e. The number of carbonyl (C=O) groups is 1. The predicted molar refractivity (Wildman–Crippen MR) is 112 cm³/mol. The molecule has 0 spiro atoms. The third-order valence-electron chi connectivity index (χ3n) is 5.18. The molecule has 4 aromatic rings. The molecule has 5 rings (SSSR count). The summed E-state index contributed by atoms with van der Waals surface area (Å²) in [4.78, 5) is 20.9. The smallest absolute Gasteiger partial charge is 0.327 e. The molecule has 0 amide bonds. The lowest BCUT2D eigenvalue weighted by atomic mass is 10.1. The van der Waals surface area contributed by atoms with Gasteiger partial charge in [-0.1, -0.05) is 23.4 Å². The topological polar surface area (TPSA) is 100 Å². The molecule has 1 unspecified atom stereocenters. The second-order valence-corrected chi connectivity index (χ2v) is 7.35. The number of pyridine rings is 1. The van der Waals surface area contributed by atoms with Gasteiger partial charge in [0.2, 0.25) is 0 Å². The van der Waals surface area contributed by atoms with E-state index in [0.717, 1.165) is 32.9 Å². The van der Waals surface area contributed by atoms with Crippen LogP contribution in [0.25, 0.3) is 17.0 Å². The summed E-state index contributed by atoms with van der Waals surface area (Å²) in [5, 5.41) is 14.7. The number of ether oxygens (including phenoxy) is 1. The minimum absolute atomic E-state index is 0.0891. The van der Waals surface area contributed by atoms with Crippen LogP contribution in [0.15, 0.2) is 53.9 Å². The normalized spacial score (nSPS) is 15.2. The van der Waals surface area contributed by atoms with E-state index in [1.807, 2.05) is 41.2 Å². The van der Waals surface area contributed by atoms with E-state index in [2.05, 4.69) is 26.5 Å². The first-order valence-corrected chi connectivity index (χ1v) is 10.2. The minimum Gasteiger partial charge on any atom is -0.465 e. The van der Waals surface area contributed by atoms with Gasteiger partial charge in [-0.25, -0.2) is 4.68 Å². The lowest BCUT2D eigenvalue weighted by Crippen LogP contribution is -2.34. The molecule has 0 radical (unpaired) electrons. The van der Waals surface area contributed by atoms with E-state index in [1.54, 1.807) is 24.0 Å². The predicted octanol–water partition coefficient (Wildman–Crippen LogP) is 1.18. The molecule has 1 aliphatic heterocycles. The number of hydrogen-bond donors (Lipinski definition) is 0. The Balaban J connectivity index is 1.40. The van der Waals surface area contributed by atoms with E-state index in [-0.39, 0.29) is 18.6 Å². The molecule has 31 heavy (non-hydrogen) atoms. The molecule has 0 saturated heterocycles. The van der Waals surface area contributed by atoms with Gasteiger partial charge in [-0.05, 0) is 37.1 Å². The monoisotopic (exact) mass is 415 g/mol. The first-order valence-electron chi connectivity index (χ1n) is 10.2. The van der Waals surface area contributed by atoms with Crippen molar-refractivity contribution in [2.45, 2.75) is 32.5 Å². The average Bonchev–Trinajstić information content (AvgIpc) is 3.41. The van der Waals surface area contributed by atoms with Gasteiger partial charge in [0.05, 0.1) is 30.9 Å². The van der Waals surface area contributed by atoms with Crippen LogP contribution >= 0.6 is 0 Å². The van der Waals surface area contributed by atoms with Crippen molar-refractivity contribution in [3.8, 4) is 0 Å². The minimum atomic E-state index is -0.306.